The SMILES string of the molecule is CN(C)C(=O)N1CCC(F)(F)C2(CCN(c3ncccc3F)C2)C1.O=C(O)C(F)(F)F. The molecule has 174 valence electrons. The molecule has 0 saturated carbocycles. The van der Waals surface area contributed by atoms with Crippen LogP contribution in [0.1, 0.15) is 12.8 Å². The molecule has 31 heavy (non-hydrogen) atoms. The minimum atomic E-state index is -5.08. The summed E-state index contributed by atoms with van der Waals surface area (Å²) in [5.74, 6) is -6.07. The summed E-state index contributed by atoms with van der Waals surface area (Å²) >= 11 is 0. The molecule has 7 nitrogen and oxygen atoms in total. The Hall–Kier alpha value is -2.73. The number of nitrogens with zero attached hydrogens (tertiary/aromatic N) is 4. The fourth-order valence-electron chi connectivity index (χ4n) is 3.64. The topological polar surface area (TPSA) is 77.0 Å². The van der Waals surface area contributed by atoms with Crippen LogP contribution in [0.15, 0.2) is 18.3 Å². The molecule has 1 aromatic heterocycles. The van der Waals surface area contributed by atoms with Gasteiger partial charge >= 0.3 is 18.2 Å². The van der Waals surface area contributed by atoms with Gasteiger partial charge in [-0.05, 0) is 18.6 Å². The van der Waals surface area contributed by atoms with E-state index in [2.05, 4.69) is 4.98 Å². The van der Waals surface area contributed by atoms with E-state index in [1.165, 1.54) is 28.1 Å². The molecule has 2 aliphatic rings. The minimum absolute atomic E-state index is 0.00879. The lowest BCUT2D eigenvalue weighted by atomic mass is 9.75. The van der Waals surface area contributed by atoms with Gasteiger partial charge in [-0.15, -0.1) is 0 Å². The second-order valence-electron chi connectivity index (χ2n) is 7.62. The van der Waals surface area contributed by atoms with Gasteiger partial charge in [0.1, 0.15) is 0 Å². The van der Waals surface area contributed by atoms with Crippen LogP contribution in [-0.4, -0.2) is 84.3 Å². The maximum Gasteiger partial charge on any atom is 0.490 e. The quantitative estimate of drug-likeness (QED) is 0.658. The summed E-state index contributed by atoms with van der Waals surface area (Å²) in [6.07, 6.45) is -3.80. The van der Waals surface area contributed by atoms with Crippen molar-refractivity contribution in [3.63, 3.8) is 0 Å². The summed E-state index contributed by atoms with van der Waals surface area (Å²) in [5.41, 5.74) is -1.36. The number of hydrogen-bond donors (Lipinski definition) is 1. The van der Waals surface area contributed by atoms with E-state index in [1.807, 2.05) is 0 Å². The van der Waals surface area contributed by atoms with Gasteiger partial charge in [0.05, 0.1) is 5.41 Å². The van der Waals surface area contributed by atoms with Gasteiger partial charge in [-0.3, -0.25) is 0 Å². The molecular weight excluding hydrogens is 434 g/mol. The predicted octanol–water partition coefficient (Wildman–Crippen LogP) is 3.07. The number of anilines is 1. The Morgan fingerprint density at radius 3 is 2.29 bits per heavy atom. The number of amides is 2. The van der Waals surface area contributed by atoms with Crippen LogP contribution in [-0.2, 0) is 4.79 Å². The molecular formula is C18H22F6N4O3. The number of urea groups is 1. The Morgan fingerprint density at radius 1 is 1.16 bits per heavy atom. The van der Waals surface area contributed by atoms with Crippen LogP contribution < -0.4 is 4.90 Å². The van der Waals surface area contributed by atoms with E-state index in [-0.39, 0.29) is 44.3 Å². The van der Waals surface area contributed by atoms with Gasteiger partial charge in [-0.25, -0.2) is 27.7 Å². The molecule has 3 heterocycles. The van der Waals surface area contributed by atoms with E-state index < -0.39 is 29.3 Å². The van der Waals surface area contributed by atoms with Crippen molar-refractivity contribution in [3.05, 3.63) is 24.1 Å². The maximum atomic E-state index is 14.7. The average Bonchev–Trinajstić information content (AvgIpc) is 3.09. The van der Waals surface area contributed by atoms with E-state index in [0.29, 0.717) is 6.54 Å². The van der Waals surface area contributed by atoms with E-state index in [4.69, 9.17) is 9.90 Å². The first-order valence-corrected chi connectivity index (χ1v) is 9.20. The first-order valence-electron chi connectivity index (χ1n) is 9.20. The van der Waals surface area contributed by atoms with Crippen LogP contribution >= 0.6 is 0 Å². The van der Waals surface area contributed by atoms with Gasteiger partial charge in [-0.2, -0.15) is 13.2 Å². The second kappa shape index (κ2) is 8.79. The lowest BCUT2D eigenvalue weighted by Gasteiger charge is -2.46. The first kappa shape index (κ1) is 24.5. The van der Waals surface area contributed by atoms with E-state index in [9.17, 15) is 31.1 Å². The zero-order valence-corrected chi connectivity index (χ0v) is 16.8. The lowest BCUT2D eigenvalue weighted by Crippen LogP contribution is -2.59. The molecule has 0 radical (unpaired) electrons. The lowest BCUT2D eigenvalue weighted by molar-refractivity contribution is -0.192. The fraction of sp³-hybridized carbons (Fsp3) is 0.611. The minimum Gasteiger partial charge on any atom is -0.475 e. The van der Waals surface area contributed by atoms with Crippen molar-refractivity contribution in [2.45, 2.75) is 24.9 Å². The van der Waals surface area contributed by atoms with Crippen molar-refractivity contribution in [2.24, 2.45) is 5.41 Å². The van der Waals surface area contributed by atoms with Gasteiger partial charge in [0.15, 0.2) is 11.6 Å². The zero-order chi connectivity index (χ0) is 23.6. The molecule has 1 aromatic rings. The Bertz CT molecular complexity index is 820. The summed E-state index contributed by atoms with van der Waals surface area (Å²) in [6, 6.07) is 2.47. The molecule has 2 amide bonds. The molecule has 1 unspecified atom stereocenters. The van der Waals surface area contributed by atoms with Gasteiger partial charge in [0.2, 0.25) is 0 Å². The molecule has 1 N–H and O–H groups in total. The number of rotatable bonds is 1. The van der Waals surface area contributed by atoms with Gasteiger partial charge in [0, 0.05) is 52.9 Å². The monoisotopic (exact) mass is 456 g/mol. The summed E-state index contributed by atoms with van der Waals surface area (Å²) in [6.45, 7) is 0.296. The largest absolute Gasteiger partial charge is 0.490 e. The Labute approximate surface area is 174 Å². The van der Waals surface area contributed by atoms with Crippen molar-refractivity contribution < 1.29 is 41.0 Å². The zero-order valence-electron chi connectivity index (χ0n) is 16.8. The molecule has 2 saturated heterocycles. The van der Waals surface area contributed by atoms with Crippen molar-refractivity contribution in [1.82, 2.24) is 14.8 Å². The maximum absolute atomic E-state index is 14.7. The Kier molecular flexibility index (Phi) is 6.96. The van der Waals surface area contributed by atoms with Crippen molar-refractivity contribution in [2.75, 3.05) is 45.2 Å². The van der Waals surface area contributed by atoms with Crippen LogP contribution in [0.5, 0.6) is 0 Å². The molecule has 13 heteroatoms. The molecule has 2 fully saturated rings. The summed E-state index contributed by atoms with van der Waals surface area (Å²) in [4.78, 5) is 29.5. The van der Waals surface area contributed by atoms with Gasteiger partial charge in [-0.1, -0.05) is 0 Å². The number of hydrogen-bond acceptors (Lipinski definition) is 4. The van der Waals surface area contributed by atoms with Crippen LogP contribution in [0.25, 0.3) is 0 Å². The third-order valence-electron chi connectivity index (χ3n) is 5.25. The fourth-order valence-corrected chi connectivity index (χ4v) is 3.64. The van der Waals surface area contributed by atoms with Crippen molar-refractivity contribution >= 4 is 17.8 Å². The second-order valence-corrected chi connectivity index (χ2v) is 7.62. The highest BCUT2D eigenvalue weighted by Crippen LogP contribution is 2.50. The Morgan fingerprint density at radius 2 is 1.77 bits per heavy atom. The normalized spacial score (nSPS) is 22.7. The number of carboxylic acid groups (broad SMARTS) is 1. The molecule has 0 aliphatic carbocycles. The summed E-state index contributed by atoms with van der Waals surface area (Å²) in [5, 5.41) is 7.12. The van der Waals surface area contributed by atoms with E-state index in [1.54, 1.807) is 19.0 Å². The molecule has 0 bridgehead atoms. The van der Waals surface area contributed by atoms with Crippen LogP contribution in [0.3, 0.4) is 0 Å². The number of likely N-dealkylation sites (tertiary alicyclic amines) is 1. The number of carbonyl (C=O) groups excluding carboxylic acids is 1. The number of aliphatic carboxylic acids is 1. The smallest absolute Gasteiger partial charge is 0.475 e. The molecule has 2 aliphatic heterocycles. The van der Waals surface area contributed by atoms with Crippen LogP contribution in [0.2, 0.25) is 0 Å². The molecule has 1 atom stereocenters. The highest BCUT2D eigenvalue weighted by molar-refractivity contribution is 5.74. The highest BCUT2D eigenvalue weighted by Gasteiger charge is 2.60. The predicted molar refractivity (Wildman–Crippen MR) is 97.4 cm³/mol. The van der Waals surface area contributed by atoms with Gasteiger partial charge in [0.25, 0.3) is 5.92 Å². The van der Waals surface area contributed by atoms with Crippen molar-refractivity contribution in [3.8, 4) is 0 Å². The van der Waals surface area contributed by atoms with Gasteiger partial charge < -0.3 is 19.8 Å². The molecule has 1 spiro atoms. The number of aromatic nitrogens is 1. The number of alkyl halides is 5. The summed E-state index contributed by atoms with van der Waals surface area (Å²) in [7, 11) is 3.21. The standard InChI is InChI=1S/C16H21F3N4O.C2HF3O2/c1-21(2)14(24)23-9-6-16(18,19)15(11-23)5-8-22(10-15)13-12(17)4-3-7-20-13;3-2(4,5)1(6)7/h3-4,7H,5-6,8-11H2,1-2H3;(H,6,7). The average molecular weight is 456 g/mol. The third kappa shape index (κ3) is 5.31. The highest BCUT2D eigenvalue weighted by atomic mass is 19.4. The van der Waals surface area contributed by atoms with E-state index >= 15 is 0 Å². The number of piperidine rings is 1. The molecule has 3 rings (SSSR count). The molecule has 0 aromatic carbocycles. The number of carbonyl (C=O) groups is 2. The Balaban J connectivity index is 0.000000423. The van der Waals surface area contributed by atoms with Crippen molar-refractivity contribution in [1.29, 1.82) is 0 Å². The van der Waals surface area contributed by atoms with Crippen LogP contribution in [0.4, 0.5) is 37.0 Å². The third-order valence-corrected chi connectivity index (χ3v) is 5.25. The number of carboxylic acids is 1. The number of halogens is 6. The first-order chi connectivity index (χ1) is 14.2. The number of pyridine rings is 1. The van der Waals surface area contributed by atoms with Crippen LogP contribution in [0, 0.1) is 11.2 Å². The summed E-state index contributed by atoms with van der Waals surface area (Å²) < 4.78 is 75.1. The van der Waals surface area contributed by atoms with E-state index in [0.717, 1.165) is 0 Å².